The van der Waals surface area contributed by atoms with Crippen LogP contribution >= 0.6 is 0 Å². The molecule has 0 bridgehead atoms. The maximum Gasteiger partial charge on any atom is 0.123 e. The van der Waals surface area contributed by atoms with Crippen molar-refractivity contribution in [2.75, 3.05) is 6.54 Å². The van der Waals surface area contributed by atoms with Crippen molar-refractivity contribution >= 4 is 0 Å². The highest BCUT2D eigenvalue weighted by molar-refractivity contribution is 5.58. The molecule has 4 nitrogen and oxygen atoms in total. The van der Waals surface area contributed by atoms with Gasteiger partial charge in [0, 0.05) is 37.6 Å². The molecule has 0 fully saturated rings. The second kappa shape index (κ2) is 6.21. The Morgan fingerprint density at radius 2 is 1.75 bits per heavy atom. The van der Waals surface area contributed by atoms with Gasteiger partial charge in [-0.15, -0.1) is 0 Å². The van der Waals surface area contributed by atoms with E-state index in [1.165, 1.54) is 27.9 Å². The van der Waals surface area contributed by atoms with Crippen LogP contribution in [0.4, 0.5) is 0 Å². The number of rotatable bonds is 3. The Bertz CT molecular complexity index is 831. The second-order valence-corrected chi connectivity index (χ2v) is 6.65. The molecule has 3 aromatic rings. The molecule has 3 heterocycles. The molecule has 24 heavy (non-hydrogen) atoms. The van der Waals surface area contributed by atoms with E-state index in [1.54, 1.807) is 0 Å². The van der Waals surface area contributed by atoms with Gasteiger partial charge in [0.1, 0.15) is 5.82 Å². The second-order valence-electron chi connectivity index (χ2n) is 6.65. The van der Waals surface area contributed by atoms with Crippen LogP contribution < -0.4 is 0 Å². The van der Waals surface area contributed by atoms with E-state index in [2.05, 4.69) is 51.5 Å². The van der Waals surface area contributed by atoms with E-state index in [1.807, 2.05) is 30.7 Å². The Balaban J connectivity index is 1.54. The number of aryl methyl sites for hydroxylation is 2. The smallest absolute Gasteiger partial charge is 0.123 e. The highest BCUT2D eigenvalue weighted by Gasteiger charge is 2.20. The van der Waals surface area contributed by atoms with Gasteiger partial charge in [-0.3, -0.25) is 9.88 Å². The Morgan fingerprint density at radius 1 is 1.00 bits per heavy atom. The van der Waals surface area contributed by atoms with Gasteiger partial charge in [-0.1, -0.05) is 29.3 Å². The summed E-state index contributed by atoms with van der Waals surface area (Å²) < 4.78 is 2.34. The number of pyridine rings is 1. The predicted octanol–water partition coefficient (Wildman–Crippen LogP) is 3.58. The maximum atomic E-state index is 4.66. The first kappa shape index (κ1) is 15.1. The fourth-order valence-corrected chi connectivity index (χ4v) is 3.62. The van der Waals surface area contributed by atoms with Crippen LogP contribution in [0.15, 0.2) is 48.9 Å². The number of aromatic nitrogens is 3. The van der Waals surface area contributed by atoms with Crippen LogP contribution in [0.1, 0.15) is 22.5 Å². The molecule has 0 N–H and O–H groups in total. The van der Waals surface area contributed by atoms with Gasteiger partial charge in [0.25, 0.3) is 0 Å². The van der Waals surface area contributed by atoms with Gasteiger partial charge in [0.2, 0.25) is 0 Å². The first-order valence-electron chi connectivity index (χ1n) is 8.43. The normalized spacial score (nSPS) is 14.6. The number of imidazole rings is 1. The third-order valence-electron chi connectivity index (χ3n) is 4.61. The lowest BCUT2D eigenvalue weighted by Crippen LogP contribution is -2.33. The molecule has 1 aliphatic heterocycles. The van der Waals surface area contributed by atoms with Gasteiger partial charge in [-0.2, -0.15) is 0 Å². The number of hydrogen-bond donors (Lipinski definition) is 0. The highest BCUT2D eigenvalue weighted by atomic mass is 15.2. The van der Waals surface area contributed by atoms with Crippen LogP contribution in [0.3, 0.4) is 0 Å². The first-order valence-corrected chi connectivity index (χ1v) is 8.43. The van der Waals surface area contributed by atoms with Crippen LogP contribution in [-0.2, 0) is 19.6 Å². The summed E-state index contributed by atoms with van der Waals surface area (Å²) in [6, 6.07) is 10.9. The fraction of sp³-hybridized carbons (Fsp3) is 0.300. The molecule has 1 aliphatic rings. The monoisotopic (exact) mass is 318 g/mol. The van der Waals surface area contributed by atoms with Crippen molar-refractivity contribution in [2.24, 2.45) is 0 Å². The van der Waals surface area contributed by atoms with E-state index in [9.17, 15) is 0 Å². The van der Waals surface area contributed by atoms with Crippen molar-refractivity contribution in [3.05, 3.63) is 71.4 Å². The summed E-state index contributed by atoms with van der Waals surface area (Å²) in [5, 5.41) is 0. The van der Waals surface area contributed by atoms with Crippen LogP contribution in [0, 0.1) is 13.8 Å². The highest BCUT2D eigenvalue weighted by Crippen LogP contribution is 2.24. The molecule has 0 amide bonds. The van der Waals surface area contributed by atoms with E-state index >= 15 is 0 Å². The standard InChI is InChI=1S/C20H22N4/c1-15-9-16(2)11-17(10-15)13-23-7-8-24-19(12-22-20(24)14-23)18-3-5-21-6-4-18/h3-6,9-12H,7-8,13-14H2,1-2H3. The summed E-state index contributed by atoms with van der Waals surface area (Å²) in [7, 11) is 0. The molecule has 0 spiro atoms. The zero-order chi connectivity index (χ0) is 16.5. The average molecular weight is 318 g/mol. The Labute approximate surface area is 142 Å². The molecule has 0 atom stereocenters. The van der Waals surface area contributed by atoms with Gasteiger partial charge in [-0.05, 0) is 31.5 Å². The van der Waals surface area contributed by atoms with Crippen LogP contribution in [0.5, 0.6) is 0 Å². The van der Waals surface area contributed by atoms with E-state index in [0.29, 0.717) is 0 Å². The Morgan fingerprint density at radius 3 is 2.50 bits per heavy atom. The minimum Gasteiger partial charge on any atom is -0.326 e. The summed E-state index contributed by atoms with van der Waals surface area (Å²) in [4.78, 5) is 11.2. The van der Waals surface area contributed by atoms with Crippen LogP contribution in [0.25, 0.3) is 11.3 Å². The van der Waals surface area contributed by atoms with Crippen LogP contribution in [0.2, 0.25) is 0 Å². The Kier molecular flexibility index (Phi) is 3.90. The molecule has 0 aliphatic carbocycles. The predicted molar refractivity (Wildman–Crippen MR) is 95.5 cm³/mol. The summed E-state index contributed by atoms with van der Waals surface area (Å²) in [5.74, 6) is 1.15. The van der Waals surface area contributed by atoms with Crippen molar-refractivity contribution < 1.29 is 0 Å². The molecular weight excluding hydrogens is 296 g/mol. The van der Waals surface area contributed by atoms with Crippen LogP contribution in [-0.4, -0.2) is 26.0 Å². The zero-order valence-corrected chi connectivity index (χ0v) is 14.2. The van der Waals surface area contributed by atoms with Gasteiger partial charge in [0.15, 0.2) is 0 Å². The van der Waals surface area contributed by atoms with E-state index in [0.717, 1.165) is 32.0 Å². The molecule has 2 aromatic heterocycles. The number of hydrogen-bond acceptors (Lipinski definition) is 3. The number of nitrogens with zero attached hydrogens (tertiary/aromatic N) is 4. The third kappa shape index (κ3) is 2.97. The fourth-order valence-electron chi connectivity index (χ4n) is 3.62. The van der Waals surface area contributed by atoms with Gasteiger partial charge >= 0.3 is 0 Å². The van der Waals surface area contributed by atoms with E-state index in [4.69, 9.17) is 0 Å². The van der Waals surface area contributed by atoms with E-state index in [-0.39, 0.29) is 0 Å². The lowest BCUT2D eigenvalue weighted by molar-refractivity contribution is 0.209. The van der Waals surface area contributed by atoms with Crippen molar-refractivity contribution in [1.29, 1.82) is 0 Å². The number of fused-ring (bicyclic) bond motifs is 1. The quantitative estimate of drug-likeness (QED) is 0.740. The van der Waals surface area contributed by atoms with Crippen molar-refractivity contribution in [3.63, 3.8) is 0 Å². The molecule has 4 heteroatoms. The molecule has 122 valence electrons. The molecular formula is C20H22N4. The average Bonchev–Trinajstić information content (AvgIpc) is 2.98. The van der Waals surface area contributed by atoms with Crippen molar-refractivity contribution in [1.82, 2.24) is 19.4 Å². The molecule has 0 saturated heterocycles. The van der Waals surface area contributed by atoms with E-state index < -0.39 is 0 Å². The molecule has 0 radical (unpaired) electrons. The minimum atomic E-state index is 0.901. The molecule has 1 aromatic carbocycles. The lowest BCUT2D eigenvalue weighted by Gasteiger charge is -2.28. The summed E-state index contributed by atoms with van der Waals surface area (Å²) in [6.45, 7) is 8.26. The molecule has 0 unspecified atom stereocenters. The van der Waals surface area contributed by atoms with Gasteiger partial charge < -0.3 is 4.57 Å². The lowest BCUT2D eigenvalue weighted by atomic mass is 10.1. The summed E-state index contributed by atoms with van der Waals surface area (Å²) in [5.41, 5.74) is 6.44. The van der Waals surface area contributed by atoms with Crippen molar-refractivity contribution in [2.45, 2.75) is 33.5 Å². The molecule has 0 saturated carbocycles. The zero-order valence-electron chi connectivity index (χ0n) is 14.2. The topological polar surface area (TPSA) is 34.0 Å². The summed E-state index contributed by atoms with van der Waals surface area (Å²) >= 11 is 0. The SMILES string of the molecule is Cc1cc(C)cc(CN2CCn3c(-c4ccncc4)cnc3C2)c1. The van der Waals surface area contributed by atoms with Crippen molar-refractivity contribution in [3.8, 4) is 11.3 Å². The largest absolute Gasteiger partial charge is 0.326 e. The third-order valence-corrected chi connectivity index (χ3v) is 4.61. The van der Waals surface area contributed by atoms with Gasteiger partial charge in [0.05, 0.1) is 18.4 Å². The minimum absolute atomic E-state index is 0.901. The Hall–Kier alpha value is -2.46. The molecule has 4 rings (SSSR count). The first-order chi connectivity index (χ1) is 11.7. The number of benzene rings is 1. The maximum absolute atomic E-state index is 4.66. The summed E-state index contributed by atoms with van der Waals surface area (Å²) in [6.07, 6.45) is 5.67. The van der Waals surface area contributed by atoms with Gasteiger partial charge in [-0.25, -0.2) is 4.98 Å².